The minimum atomic E-state index is -0.189. The van der Waals surface area contributed by atoms with E-state index < -0.39 is 0 Å². The summed E-state index contributed by atoms with van der Waals surface area (Å²) in [5.74, 6) is 1.38. The molecule has 2 aromatic heterocycles. The van der Waals surface area contributed by atoms with Crippen molar-refractivity contribution in [3.05, 3.63) is 38.9 Å². The lowest BCUT2D eigenvalue weighted by atomic mass is 10.1. The fraction of sp³-hybridized carbons (Fsp3) is 0.476. The molecular weight excluding hydrogens is 483 g/mol. The molecule has 0 aliphatic carbocycles. The molecule has 0 N–H and O–H groups in total. The lowest BCUT2D eigenvalue weighted by Crippen LogP contribution is -2.19. The van der Waals surface area contributed by atoms with Gasteiger partial charge >= 0.3 is 0 Å². The Morgan fingerprint density at radius 1 is 1.28 bits per heavy atom. The minimum Gasteiger partial charge on any atom is -0.492 e. The average Bonchev–Trinajstić information content (AvgIpc) is 3.05. The standard InChI is InChI=1S/C21H25IN4O3/c1-12-11-23-24-13(2)18(12)14(3)29-16-9-8-15-19(20(16)27-4)21(22)25-26(15)17-7-5-6-10-28-17/h8-9,11,14,17H,5-7,10H2,1-4H3/t14-,17?/m1/s1. The van der Waals surface area contributed by atoms with Crippen LogP contribution in [0, 0.1) is 17.5 Å². The van der Waals surface area contributed by atoms with E-state index in [4.69, 9.17) is 19.3 Å². The molecule has 7 nitrogen and oxygen atoms in total. The molecule has 1 aliphatic rings. The van der Waals surface area contributed by atoms with Gasteiger partial charge in [0, 0.05) is 12.2 Å². The SMILES string of the molecule is COc1c(O[C@H](C)c2c(C)cnnc2C)ccc2c1c(I)nn2C1CCCCO1. The van der Waals surface area contributed by atoms with Gasteiger partial charge in [-0.05, 0) is 80.3 Å². The predicted octanol–water partition coefficient (Wildman–Crippen LogP) is 4.90. The number of benzene rings is 1. The first kappa shape index (κ1) is 20.3. The first-order chi connectivity index (χ1) is 14.0. The first-order valence-electron chi connectivity index (χ1n) is 9.83. The maximum Gasteiger partial charge on any atom is 0.172 e. The Labute approximate surface area is 183 Å². The quantitative estimate of drug-likeness (QED) is 0.457. The number of rotatable bonds is 5. The molecule has 1 saturated heterocycles. The van der Waals surface area contributed by atoms with E-state index in [0.29, 0.717) is 11.5 Å². The summed E-state index contributed by atoms with van der Waals surface area (Å²) >= 11 is 2.26. The molecule has 0 saturated carbocycles. The van der Waals surface area contributed by atoms with Gasteiger partial charge in [0.1, 0.15) is 9.80 Å². The number of methoxy groups -OCH3 is 1. The van der Waals surface area contributed by atoms with Gasteiger partial charge in [-0.25, -0.2) is 4.68 Å². The molecule has 1 unspecified atom stereocenters. The minimum absolute atomic E-state index is 0.0293. The van der Waals surface area contributed by atoms with Gasteiger partial charge < -0.3 is 14.2 Å². The Morgan fingerprint density at radius 2 is 2.10 bits per heavy atom. The van der Waals surface area contributed by atoms with E-state index >= 15 is 0 Å². The Kier molecular flexibility index (Phi) is 5.91. The Morgan fingerprint density at radius 3 is 2.79 bits per heavy atom. The highest BCUT2D eigenvalue weighted by atomic mass is 127. The highest BCUT2D eigenvalue weighted by Crippen LogP contribution is 2.41. The maximum atomic E-state index is 6.34. The Hall–Kier alpha value is -1.94. The van der Waals surface area contributed by atoms with Crippen LogP contribution in [0.15, 0.2) is 18.3 Å². The molecule has 1 aromatic carbocycles. The highest BCUT2D eigenvalue weighted by Gasteiger charge is 2.25. The fourth-order valence-electron chi connectivity index (χ4n) is 4.05. The number of nitrogens with zero attached hydrogens (tertiary/aromatic N) is 4. The topological polar surface area (TPSA) is 71.3 Å². The Bertz CT molecular complexity index is 1010. The summed E-state index contributed by atoms with van der Waals surface area (Å²) in [5.41, 5.74) is 3.97. The largest absolute Gasteiger partial charge is 0.492 e. The van der Waals surface area contributed by atoms with E-state index in [1.807, 2.05) is 37.6 Å². The smallest absolute Gasteiger partial charge is 0.172 e. The van der Waals surface area contributed by atoms with Crippen LogP contribution < -0.4 is 9.47 Å². The molecule has 1 aliphatic heterocycles. The Balaban J connectivity index is 1.73. The monoisotopic (exact) mass is 508 g/mol. The van der Waals surface area contributed by atoms with Gasteiger partial charge in [0.25, 0.3) is 0 Å². The van der Waals surface area contributed by atoms with Crippen LogP contribution in [-0.2, 0) is 4.74 Å². The lowest BCUT2D eigenvalue weighted by molar-refractivity contribution is -0.0368. The molecule has 2 atom stereocenters. The van der Waals surface area contributed by atoms with Crippen LogP contribution in [0.1, 0.15) is 55.3 Å². The van der Waals surface area contributed by atoms with Crippen LogP contribution in [0.25, 0.3) is 10.9 Å². The van der Waals surface area contributed by atoms with Crippen LogP contribution in [0.5, 0.6) is 11.5 Å². The third-order valence-electron chi connectivity index (χ3n) is 5.36. The van der Waals surface area contributed by atoms with Crippen molar-refractivity contribution in [1.29, 1.82) is 0 Å². The molecule has 3 heterocycles. The van der Waals surface area contributed by atoms with E-state index in [1.165, 1.54) is 0 Å². The molecule has 8 heteroatoms. The summed E-state index contributed by atoms with van der Waals surface area (Å²) < 4.78 is 20.9. The zero-order chi connectivity index (χ0) is 20.5. The summed E-state index contributed by atoms with van der Waals surface area (Å²) in [6.07, 6.45) is 4.77. The van der Waals surface area contributed by atoms with Gasteiger partial charge in [-0.2, -0.15) is 15.3 Å². The van der Waals surface area contributed by atoms with Crippen molar-refractivity contribution in [2.75, 3.05) is 13.7 Å². The predicted molar refractivity (Wildman–Crippen MR) is 118 cm³/mol. The summed E-state index contributed by atoms with van der Waals surface area (Å²) in [5, 5.41) is 13.9. The van der Waals surface area contributed by atoms with Gasteiger partial charge in [0.05, 0.1) is 29.9 Å². The summed E-state index contributed by atoms with van der Waals surface area (Å²) in [6, 6.07) is 3.99. The van der Waals surface area contributed by atoms with E-state index in [1.54, 1.807) is 13.3 Å². The maximum absolute atomic E-state index is 6.34. The van der Waals surface area contributed by atoms with Gasteiger partial charge in [-0.15, -0.1) is 0 Å². The number of fused-ring (bicyclic) bond motifs is 1. The van der Waals surface area contributed by atoms with Crippen molar-refractivity contribution in [2.24, 2.45) is 0 Å². The highest BCUT2D eigenvalue weighted by molar-refractivity contribution is 14.1. The molecule has 0 radical (unpaired) electrons. The lowest BCUT2D eigenvalue weighted by Gasteiger charge is -2.24. The number of aromatic nitrogens is 4. The zero-order valence-corrected chi connectivity index (χ0v) is 19.3. The van der Waals surface area contributed by atoms with Crippen LogP contribution >= 0.6 is 22.6 Å². The van der Waals surface area contributed by atoms with Crippen LogP contribution in [0.4, 0.5) is 0 Å². The van der Waals surface area contributed by atoms with Crippen LogP contribution in [-0.4, -0.2) is 33.7 Å². The second-order valence-corrected chi connectivity index (χ2v) is 8.36. The molecule has 1 fully saturated rings. The number of aryl methyl sites for hydroxylation is 2. The fourth-order valence-corrected chi connectivity index (χ4v) is 4.80. The molecule has 3 aromatic rings. The van der Waals surface area contributed by atoms with Crippen molar-refractivity contribution >= 4 is 33.5 Å². The number of hydrogen-bond acceptors (Lipinski definition) is 6. The normalized spacial score (nSPS) is 18.0. The van der Waals surface area contributed by atoms with Gasteiger partial charge in [-0.3, -0.25) is 0 Å². The summed E-state index contributed by atoms with van der Waals surface area (Å²) in [7, 11) is 1.67. The van der Waals surface area contributed by atoms with E-state index in [0.717, 1.165) is 57.3 Å². The van der Waals surface area contributed by atoms with Gasteiger partial charge in [0.15, 0.2) is 17.7 Å². The molecule has 0 spiro atoms. The van der Waals surface area contributed by atoms with E-state index in [9.17, 15) is 0 Å². The van der Waals surface area contributed by atoms with Crippen molar-refractivity contribution < 1.29 is 14.2 Å². The molecule has 4 rings (SSSR count). The first-order valence-corrected chi connectivity index (χ1v) is 10.9. The van der Waals surface area contributed by atoms with Crippen molar-refractivity contribution in [3.63, 3.8) is 0 Å². The van der Waals surface area contributed by atoms with Crippen LogP contribution in [0.3, 0.4) is 0 Å². The number of halogens is 1. The summed E-state index contributed by atoms with van der Waals surface area (Å²) in [4.78, 5) is 0. The third kappa shape index (κ3) is 3.79. The van der Waals surface area contributed by atoms with Crippen LogP contribution in [0.2, 0.25) is 0 Å². The summed E-state index contributed by atoms with van der Waals surface area (Å²) in [6.45, 7) is 6.77. The second kappa shape index (κ2) is 8.43. The molecule has 154 valence electrons. The van der Waals surface area contributed by atoms with Crippen molar-refractivity contribution in [3.8, 4) is 11.5 Å². The third-order valence-corrected chi connectivity index (χ3v) is 6.12. The zero-order valence-electron chi connectivity index (χ0n) is 17.1. The van der Waals surface area contributed by atoms with Gasteiger partial charge in [-0.1, -0.05) is 0 Å². The van der Waals surface area contributed by atoms with Crippen molar-refractivity contribution in [2.45, 2.75) is 52.4 Å². The number of hydrogen-bond donors (Lipinski definition) is 0. The molecule has 0 amide bonds. The van der Waals surface area contributed by atoms with Gasteiger partial charge in [0.2, 0.25) is 0 Å². The van der Waals surface area contributed by atoms with Crippen molar-refractivity contribution in [1.82, 2.24) is 20.0 Å². The molecular formula is C21H25IN4O3. The molecule has 29 heavy (non-hydrogen) atoms. The van der Waals surface area contributed by atoms with E-state index in [-0.39, 0.29) is 12.3 Å². The van der Waals surface area contributed by atoms with E-state index in [2.05, 4.69) is 32.8 Å². The molecule has 0 bridgehead atoms. The average molecular weight is 508 g/mol. The second-order valence-electron chi connectivity index (χ2n) is 7.33. The number of ether oxygens (including phenoxy) is 3.